The van der Waals surface area contributed by atoms with Gasteiger partial charge in [0.15, 0.2) is 5.78 Å². The van der Waals surface area contributed by atoms with Crippen LogP contribution in [-0.2, 0) is 4.79 Å². The Labute approximate surface area is 84.0 Å². The topological polar surface area (TPSA) is 37.3 Å². The molecule has 4 unspecified atom stereocenters. The Morgan fingerprint density at radius 1 is 1.36 bits per heavy atom. The number of carbonyl (C=O) groups is 1. The number of aliphatic hydroxyl groups is 1. The van der Waals surface area contributed by atoms with Crippen molar-refractivity contribution in [3.8, 4) is 0 Å². The van der Waals surface area contributed by atoms with Crippen LogP contribution in [0.4, 0.5) is 0 Å². The number of allylic oxidation sites excluding steroid dienone is 2. The molecule has 2 heteroatoms. The molecule has 0 amide bonds. The molecule has 2 saturated carbocycles. The van der Waals surface area contributed by atoms with Gasteiger partial charge in [-0.3, -0.25) is 4.79 Å². The lowest BCUT2D eigenvalue weighted by Crippen LogP contribution is -2.40. The molecule has 2 nitrogen and oxygen atoms in total. The van der Waals surface area contributed by atoms with Gasteiger partial charge in [0.25, 0.3) is 0 Å². The zero-order chi connectivity index (χ0) is 9.76. The van der Waals surface area contributed by atoms with E-state index in [1.807, 2.05) is 0 Å². The van der Waals surface area contributed by atoms with Crippen LogP contribution in [0.15, 0.2) is 12.2 Å². The summed E-state index contributed by atoms with van der Waals surface area (Å²) in [6, 6.07) is 0. The average Bonchev–Trinajstić information content (AvgIpc) is 2.66. The molecule has 0 saturated heterocycles. The molecule has 0 heterocycles. The van der Waals surface area contributed by atoms with Gasteiger partial charge in [0.2, 0.25) is 0 Å². The number of aliphatic hydroxyl groups excluding tert-OH is 1. The molecule has 3 aliphatic rings. The first-order valence-corrected chi connectivity index (χ1v) is 5.65. The minimum atomic E-state index is -0.163. The quantitative estimate of drug-likeness (QED) is 0.634. The zero-order valence-electron chi connectivity index (χ0n) is 8.28. The highest BCUT2D eigenvalue weighted by molar-refractivity contribution is 5.95. The van der Waals surface area contributed by atoms with Gasteiger partial charge in [0, 0.05) is 11.3 Å². The largest absolute Gasteiger partial charge is 0.393 e. The maximum atomic E-state index is 11.6. The Hall–Kier alpha value is -0.630. The molecule has 3 rings (SSSR count). The molecule has 3 aliphatic carbocycles. The molecular formula is C12H16O2. The van der Waals surface area contributed by atoms with Crippen molar-refractivity contribution in [2.45, 2.75) is 38.2 Å². The number of rotatable bonds is 0. The van der Waals surface area contributed by atoms with Crippen LogP contribution in [-0.4, -0.2) is 17.0 Å². The van der Waals surface area contributed by atoms with Crippen LogP contribution >= 0.6 is 0 Å². The van der Waals surface area contributed by atoms with Gasteiger partial charge < -0.3 is 5.11 Å². The fourth-order valence-electron chi connectivity index (χ4n) is 3.95. The van der Waals surface area contributed by atoms with Crippen molar-refractivity contribution in [1.82, 2.24) is 0 Å². The van der Waals surface area contributed by atoms with Gasteiger partial charge in [0.05, 0.1) is 6.10 Å². The van der Waals surface area contributed by atoms with E-state index in [0.717, 1.165) is 32.1 Å². The first kappa shape index (κ1) is 8.66. The second kappa shape index (κ2) is 2.69. The second-order valence-electron chi connectivity index (χ2n) is 5.04. The van der Waals surface area contributed by atoms with E-state index in [2.05, 4.69) is 6.08 Å². The van der Waals surface area contributed by atoms with Gasteiger partial charge in [0.1, 0.15) is 0 Å². The summed E-state index contributed by atoms with van der Waals surface area (Å²) in [6.45, 7) is 0. The van der Waals surface area contributed by atoms with Crippen LogP contribution in [0.3, 0.4) is 0 Å². The molecule has 14 heavy (non-hydrogen) atoms. The summed E-state index contributed by atoms with van der Waals surface area (Å²) in [5, 5.41) is 9.96. The van der Waals surface area contributed by atoms with Crippen molar-refractivity contribution in [2.75, 3.05) is 0 Å². The van der Waals surface area contributed by atoms with Crippen molar-refractivity contribution < 1.29 is 9.90 Å². The van der Waals surface area contributed by atoms with E-state index in [9.17, 15) is 9.90 Å². The molecule has 0 radical (unpaired) electrons. The highest BCUT2D eigenvalue weighted by Gasteiger charge is 2.56. The van der Waals surface area contributed by atoms with E-state index in [1.54, 1.807) is 6.08 Å². The fraction of sp³-hybridized carbons (Fsp3) is 0.750. The van der Waals surface area contributed by atoms with Crippen molar-refractivity contribution in [3.05, 3.63) is 12.2 Å². The lowest BCUT2D eigenvalue weighted by atomic mass is 9.65. The third kappa shape index (κ3) is 0.876. The minimum Gasteiger partial charge on any atom is -0.393 e. The van der Waals surface area contributed by atoms with Gasteiger partial charge in [-0.1, -0.05) is 6.08 Å². The van der Waals surface area contributed by atoms with Crippen LogP contribution in [0.2, 0.25) is 0 Å². The molecule has 2 fully saturated rings. The number of carbonyl (C=O) groups excluding carboxylic acids is 1. The van der Waals surface area contributed by atoms with Gasteiger partial charge >= 0.3 is 0 Å². The molecule has 4 atom stereocenters. The third-order valence-electron chi connectivity index (χ3n) is 4.58. The maximum Gasteiger partial charge on any atom is 0.159 e. The fourth-order valence-corrected chi connectivity index (χ4v) is 3.95. The van der Waals surface area contributed by atoms with Gasteiger partial charge in [-0.05, 0) is 44.1 Å². The molecule has 1 N–H and O–H groups in total. The van der Waals surface area contributed by atoms with E-state index < -0.39 is 0 Å². The predicted octanol–water partition coefficient (Wildman–Crippen LogP) is 1.68. The summed E-state index contributed by atoms with van der Waals surface area (Å²) in [5.41, 5.74) is 0.0642. The Kier molecular flexibility index (Phi) is 1.67. The highest BCUT2D eigenvalue weighted by Crippen LogP contribution is 2.59. The van der Waals surface area contributed by atoms with E-state index in [1.165, 1.54) is 0 Å². The first-order chi connectivity index (χ1) is 6.74. The predicted molar refractivity (Wildman–Crippen MR) is 52.7 cm³/mol. The smallest absolute Gasteiger partial charge is 0.159 e. The minimum absolute atomic E-state index is 0.0642. The first-order valence-electron chi connectivity index (χ1n) is 5.65. The molecule has 0 aromatic carbocycles. The Morgan fingerprint density at radius 3 is 3.07 bits per heavy atom. The van der Waals surface area contributed by atoms with Crippen LogP contribution in [0.25, 0.3) is 0 Å². The normalized spacial score (nSPS) is 50.6. The van der Waals surface area contributed by atoms with Crippen molar-refractivity contribution in [2.24, 2.45) is 17.3 Å². The lowest BCUT2D eigenvalue weighted by Gasteiger charge is -2.41. The van der Waals surface area contributed by atoms with E-state index in [-0.39, 0.29) is 17.4 Å². The molecule has 76 valence electrons. The molecule has 1 spiro atoms. The third-order valence-corrected chi connectivity index (χ3v) is 4.58. The Morgan fingerprint density at radius 2 is 2.21 bits per heavy atom. The Balaban J connectivity index is 2.01. The average molecular weight is 192 g/mol. The summed E-state index contributed by atoms with van der Waals surface area (Å²) in [4.78, 5) is 11.6. The number of ketones is 1. The van der Waals surface area contributed by atoms with Crippen molar-refractivity contribution in [3.63, 3.8) is 0 Å². The number of hydrogen-bond acceptors (Lipinski definition) is 2. The number of hydrogen-bond donors (Lipinski definition) is 1. The van der Waals surface area contributed by atoms with E-state index in [4.69, 9.17) is 0 Å². The van der Waals surface area contributed by atoms with E-state index >= 15 is 0 Å². The SMILES string of the molecule is O=C1C=CC23CCCC(O)C2CCC13. The highest BCUT2D eigenvalue weighted by atomic mass is 16.3. The van der Waals surface area contributed by atoms with Crippen molar-refractivity contribution >= 4 is 5.78 Å². The van der Waals surface area contributed by atoms with E-state index in [0.29, 0.717) is 11.7 Å². The summed E-state index contributed by atoms with van der Waals surface area (Å²) in [7, 11) is 0. The van der Waals surface area contributed by atoms with Gasteiger partial charge in [-0.25, -0.2) is 0 Å². The van der Waals surface area contributed by atoms with Gasteiger partial charge in [-0.15, -0.1) is 0 Å². The van der Waals surface area contributed by atoms with Crippen LogP contribution in [0.1, 0.15) is 32.1 Å². The van der Waals surface area contributed by atoms with Crippen LogP contribution in [0, 0.1) is 17.3 Å². The zero-order valence-corrected chi connectivity index (χ0v) is 8.28. The molecule has 0 aromatic heterocycles. The monoisotopic (exact) mass is 192 g/mol. The van der Waals surface area contributed by atoms with Crippen molar-refractivity contribution in [1.29, 1.82) is 0 Å². The lowest BCUT2D eigenvalue weighted by molar-refractivity contribution is -0.120. The molecule has 0 aliphatic heterocycles. The maximum absolute atomic E-state index is 11.6. The summed E-state index contributed by atoms with van der Waals surface area (Å²) in [6.07, 6.45) is 8.86. The second-order valence-corrected chi connectivity index (χ2v) is 5.04. The summed E-state index contributed by atoms with van der Waals surface area (Å²) >= 11 is 0. The molecule has 0 bridgehead atoms. The molecule has 0 aromatic rings. The Bertz CT molecular complexity index is 307. The van der Waals surface area contributed by atoms with Gasteiger partial charge in [-0.2, -0.15) is 0 Å². The molecular weight excluding hydrogens is 176 g/mol. The van der Waals surface area contributed by atoms with Crippen LogP contribution in [0.5, 0.6) is 0 Å². The summed E-state index contributed by atoms with van der Waals surface area (Å²) < 4.78 is 0. The summed E-state index contributed by atoms with van der Waals surface area (Å²) in [5.74, 6) is 0.882. The standard InChI is InChI=1S/C12H16O2/c13-10-2-1-6-12-7-5-11(14)9(12)4-3-8(10)12/h5,7-10,13H,1-4,6H2. The van der Waals surface area contributed by atoms with Crippen LogP contribution < -0.4 is 0 Å².